The molecule has 284 valence electrons. The van der Waals surface area contributed by atoms with Crippen LogP contribution in [0.1, 0.15) is 98.8 Å². The Morgan fingerprint density at radius 1 is 0.827 bits per heavy atom. The monoisotopic (exact) mass is 831 g/mol. The molecule has 0 bridgehead atoms. The summed E-state index contributed by atoms with van der Waals surface area (Å²) in [6.45, 7) is 11.8. The number of ether oxygens (including phenoxy) is 5. The fourth-order valence-electron chi connectivity index (χ4n) is 6.77. The molecule has 1 amide bonds. The Kier molecular flexibility index (Phi) is 15.2. The summed E-state index contributed by atoms with van der Waals surface area (Å²) < 4.78 is 35.9. The van der Waals surface area contributed by atoms with Crippen LogP contribution < -0.4 is 13.6 Å². The van der Waals surface area contributed by atoms with E-state index in [1.165, 1.54) is 90.4 Å². The number of benzene rings is 1. The average Bonchev–Trinajstić information content (AvgIpc) is 3.66. The second kappa shape index (κ2) is 19.3. The molecule has 2 aromatic heterocycles. The van der Waals surface area contributed by atoms with Gasteiger partial charge in [0, 0.05) is 20.8 Å². The van der Waals surface area contributed by atoms with E-state index in [4.69, 9.17) is 23.7 Å². The Morgan fingerprint density at radius 3 is 1.96 bits per heavy atom. The van der Waals surface area contributed by atoms with Gasteiger partial charge in [-0.3, -0.25) is 14.4 Å². The molecule has 0 saturated carbocycles. The summed E-state index contributed by atoms with van der Waals surface area (Å²) in [5.74, 6) is -2.19. The Hall–Kier alpha value is -3.79. The van der Waals surface area contributed by atoms with Crippen LogP contribution in [0.15, 0.2) is 30.6 Å². The summed E-state index contributed by atoms with van der Waals surface area (Å²) in [6, 6.07) is 8.93. The van der Waals surface area contributed by atoms with Crippen LogP contribution in [-0.2, 0) is 44.7 Å². The summed E-state index contributed by atoms with van der Waals surface area (Å²) in [7, 11) is 0. The zero-order chi connectivity index (χ0) is 37.8. The number of anilines is 1. The molecule has 1 saturated heterocycles. The third-order valence-corrected chi connectivity index (χ3v) is 24.9. The molecule has 15 heteroatoms. The second-order valence-electron chi connectivity index (χ2n) is 13.4. The van der Waals surface area contributed by atoms with Crippen LogP contribution in [0.2, 0.25) is 13.3 Å². The molecule has 0 spiro atoms. The number of fused-ring (bicyclic) bond motifs is 1. The minimum absolute atomic E-state index is 0.0382. The van der Waals surface area contributed by atoms with Crippen molar-refractivity contribution in [3.63, 3.8) is 0 Å². The minimum atomic E-state index is -2.60. The zero-order valence-corrected chi connectivity index (χ0v) is 34.3. The van der Waals surface area contributed by atoms with Crippen LogP contribution in [0, 0.1) is 0 Å². The number of aromatic nitrogens is 4. The third kappa shape index (κ3) is 10.6. The number of unbranched alkanes of at least 4 members (excludes halogenated alkanes) is 3. The average molecular weight is 831 g/mol. The molecule has 1 N–H and O–H groups in total. The zero-order valence-electron chi connectivity index (χ0n) is 31.4. The van der Waals surface area contributed by atoms with E-state index in [0.717, 1.165) is 5.56 Å². The number of amides is 1. The van der Waals surface area contributed by atoms with E-state index in [0.29, 0.717) is 0 Å². The number of nitrogens with one attached hydrogen (secondary N) is 1. The second-order valence-corrected chi connectivity index (χ2v) is 26.7. The van der Waals surface area contributed by atoms with E-state index in [9.17, 15) is 19.2 Å². The number of hydrogen-bond donors (Lipinski definition) is 1. The Bertz CT molecular complexity index is 1660. The van der Waals surface area contributed by atoms with Crippen molar-refractivity contribution in [3.8, 4) is 5.88 Å². The first kappa shape index (κ1) is 41.0. The number of esters is 3. The summed E-state index contributed by atoms with van der Waals surface area (Å²) in [4.78, 5) is 61.5. The van der Waals surface area contributed by atoms with Crippen LogP contribution in [0.4, 0.5) is 5.95 Å². The van der Waals surface area contributed by atoms with E-state index < -0.39 is 66.7 Å². The molecule has 0 aliphatic carbocycles. The van der Waals surface area contributed by atoms with Gasteiger partial charge >= 0.3 is 242 Å². The number of carbonyl (C=O) groups excluding carboxylic acids is 4. The van der Waals surface area contributed by atoms with Crippen molar-refractivity contribution in [2.45, 2.75) is 131 Å². The maximum absolute atomic E-state index is 12.2. The van der Waals surface area contributed by atoms with Crippen LogP contribution >= 0.6 is 0 Å². The first-order chi connectivity index (χ1) is 24.9. The molecule has 1 aliphatic rings. The number of hydrogen-bond acceptors (Lipinski definition) is 12. The van der Waals surface area contributed by atoms with E-state index >= 15 is 0 Å². The number of nitrogens with zero attached hydrogens (tertiary/aromatic N) is 4. The third-order valence-electron chi connectivity index (χ3n) is 9.26. The van der Waals surface area contributed by atoms with Crippen molar-refractivity contribution in [3.05, 3.63) is 36.2 Å². The van der Waals surface area contributed by atoms with Crippen LogP contribution in [0.5, 0.6) is 5.88 Å². The summed E-state index contributed by atoms with van der Waals surface area (Å²) in [5, 5.41) is 2.61. The van der Waals surface area contributed by atoms with Crippen LogP contribution in [-0.4, -0.2) is 86.6 Å². The molecule has 14 nitrogen and oxygen atoms in total. The van der Waals surface area contributed by atoms with Gasteiger partial charge in [0.15, 0.2) is 6.10 Å². The van der Waals surface area contributed by atoms with Crippen LogP contribution in [0.3, 0.4) is 0 Å². The molecule has 3 heterocycles. The normalized spacial score (nSPS) is 18.6. The molecule has 52 heavy (non-hydrogen) atoms. The van der Waals surface area contributed by atoms with Crippen molar-refractivity contribution < 1.29 is 42.9 Å². The standard InChI is InChI=1S/C25H26N5O9.3C4H9.Sn/c1-13(31)27-25-28-22-19(23(29-25)36-10-17-8-6-5-7-9-17)26-12-30(22)24-21(38-16(4)34)20(37-15(3)33)18(39-24)11-35-14(2)32;3*1-3-4-2;/h6-9,12,18,20-21,24H,10-11H2,1-4H3,(H,27,28,29,31);3*1,3-4H2,2H3;/t18-,20-,21-,24-;;;;/m1..../s1. The van der Waals surface area contributed by atoms with Crippen molar-refractivity contribution in [2.75, 3.05) is 11.9 Å². The van der Waals surface area contributed by atoms with Crippen LogP contribution in [0.25, 0.3) is 11.2 Å². The first-order valence-electron chi connectivity index (χ1n) is 18.3. The number of rotatable bonds is 19. The molecule has 3 aromatic rings. The van der Waals surface area contributed by atoms with Crippen molar-refractivity contribution in [2.24, 2.45) is 0 Å². The number of imidazole rings is 1. The first-order valence-corrected chi connectivity index (χ1v) is 25.8. The van der Waals surface area contributed by atoms with Gasteiger partial charge in [-0.25, -0.2) is 0 Å². The fraction of sp³-hybridized carbons (Fsp3) is 0.595. The topological polar surface area (TPSA) is 170 Å². The summed E-state index contributed by atoms with van der Waals surface area (Å²) >= 11 is -2.60. The Labute approximate surface area is 309 Å². The SMILES string of the molecule is CCC[CH2][Sn]([CH2]CCC)([CH2]CCC)[c]1ccc(COc2nc(NC(C)=O)nc3c2ncn3[C@@H]2O[C@H](COC(C)=O)[C@@H](OC(C)=O)[C@H]2OC(C)=O)cc1. The van der Waals surface area contributed by atoms with Gasteiger partial charge in [-0.2, -0.15) is 0 Å². The van der Waals surface area contributed by atoms with Gasteiger partial charge in [0.25, 0.3) is 0 Å². The molecular weight excluding hydrogens is 777 g/mol. The molecule has 4 atom stereocenters. The van der Waals surface area contributed by atoms with Crippen molar-refractivity contribution in [1.29, 1.82) is 0 Å². The quantitative estimate of drug-likeness (QED) is 0.0885. The predicted molar refractivity (Wildman–Crippen MR) is 197 cm³/mol. The van der Waals surface area contributed by atoms with E-state index in [-0.39, 0.29) is 36.2 Å². The molecule has 1 aromatic carbocycles. The Balaban J connectivity index is 1.68. The van der Waals surface area contributed by atoms with Gasteiger partial charge in [0.1, 0.15) is 12.7 Å². The van der Waals surface area contributed by atoms with E-state index in [2.05, 4.69) is 65.3 Å². The molecule has 4 rings (SSSR count). The van der Waals surface area contributed by atoms with Gasteiger partial charge < -0.3 is 14.2 Å². The summed E-state index contributed by atoms with van der Waals surface area (Å²) in [5.41, 5.74) is 1.42. The van der Waals surface area contributed by atoms with Gasteiger partial charge in [-0.1, -0.05) is 0 Å². The number of carbonyl (C=O) groups is 4. The molecule has 0 unspecified atom stereocenters. The molecule has 0 radical (unpaired) electrons. The van der Waals surface area contributed by atoms with Crippen molar-refractivity contribution in [1.82, 2.24) is 19.5 Å². The van der Waals surface area contributed by atoms with Crippen molar-refractivity contribution >= 4 is 62.9 Å². The molecular formula is C37H53N5O9Sn. The summed E-state index contributed by atoms with van der Waals surface area (Å²) in [6.07, 6.45) is 4.53. The Morgan fingerprint density at radius 2 is 1.42 bits per heavy atom. The van der Waals surface area contributed by atoms with Gasteiger partial charge in [0.05, 0.1) is 0 Å². The van der Waals surface area contributed by atoms with Gasteiger partial charge in [-0.05, 0) is 0 Å². The maximum atomic E-state index is 12.2. The molecule has 1 fully saturated rings. The predicted octanol–water partition coefficient (Wildman–Crippen LogP) is 5.74. The van der Waals surface area contributed by atoms with Gasteiger partial charge in [0.2, 0.25) is 0 Å². The molecule has 1 aliphatic heterocycles. The van der Waals surface area contributed by atoms with Gasteiger partial charge in [-0.15, -0.1) is 0 Å². The van der Waals surface area contributed by atoms with E-state index in [1.807, 2.05) is 0 Å². The van der Waals surface area contributed by atoms with E-state index in [1.54, 1.807) is 3.58 Å². The fourth-order valence-corrected chi connectivity index (χ4v) is 22.7.